The van der Waals surface area contributed by atoms with Crippen molar-refractivity contribution < 1.29 is 9.90 Å². The molecule has 0 aliphatic rings. The predicted molar refractivity (Wildman–Crippen MR) is 64.7 cm³/mol. The molecular formula is C10H7N3O4S. The van der Waals surface area contributed by atoms with Gasteiger partial charge in [-0.1, -0.05) is 0 Å². The van der Waals surface area contributed by atoms with Crippen LogP contribution >= 0.6 is 12.6 Å². The van der Waals surface area contributed by atoms with Crippen LogP contribution in [0.5, 0.6) is 0 Å². The van der Waals surface area contributed by atoms with E-state index in [4.69, 9.17) is 5.11 Å². The van der Waals surface area contributed by atoms with Crippen LogP contribution in [0.2, 0.25) is 0 Å². The van der Waals surface area contributed by atoms with Crippen LogP contribution in [-0.2, 0) is 0 Å². The minimum absolute atomic E-state index is 0.330. The molecule has 2 N–H and O–H groups in total. The van der Waals surface area contributed by atoms with Crippen molar-refractivity contribution in [1.82, 2.24) is 14.8 Å². The minimum atomic E-state index is -1.50. The number of nitrogens with zero attached hydrogens (tertiary/aromatic N) is 2. The van der Waals surface area contributed by atoms with Gasteiger partial charge in [0.2, 0.25) is 5.69 Å². The molecule has 0 aliphatic carbocycles. The van der Waals surface area contributed by atoms with Crippen molar-refractivity contribution in [3.05, 3.63) is 50.8 Å². The molecule has 7 nitrogen and oxygen atoms in total. The maximum Gasteiger partial charge on any atom is 0.362 e. The molecule has 2 rings (SSSR count). The quantitative estimate of drug-likeness (QED) is 0.658. The van der Waals surface area contributed by atoms with Crippen LogP contribution in [0.15, 0.2) is 38.8 Å². The number of carboxylic acid groups (broad SMARTS) is 1. The van der Waals surface area contributed by atoms with Gasteiger partial charge in [-0.15, -0.1) is 12.6 Å². The number of hydrogen-bond acceptors (Lipinski definition) is 5. The van der Waals surface area contributed by atoms with E-state index in [1.54, 1.807) is 12.1 Å². The number of aromatic nitrogens is 3. The number of thiol groups is 1. The summed E-state index contributed by atoms with van der Waals surface area (Å²) in [6, 6.07) is 6.28. The van der Waals surface area contributed by atoms with E-state index in [1.807, 2.05) is 4.98 Å². The van der Waals surface area contributed by atoms with E-state index in [9.17, 15) is 14.4 Å². The number of carbonyl (C=O) groups is 1. The Bertz CT molecular complexity index is 717. The van der Waals surface area contributed by atoms with Gasteiger partial charge in [0.05, 0.1) is 5.69 Å². The monoisotopic (exact) mass is 265 g/mol. The third-order valence-electron chi connectivity index (χ3n) is 2.12. The highest BCUT2D eigenvalue weighted by atomic mass is 32.1. The van der Waals surface area contributed by atoms with Crippen molar-refractivity contribution in [3.8, 4) is 5.69 Å². The number of H-pyrrole nitrogens is 1. The Morgan fingerprint density at radius 1 is 1.28 bits per heavy atom. The van der Waals surface area contributed by atoms with Gasteiger partial charge in [0.25, 0.3) is 5.56 Å². The number of benzene rings is 1. The molecule has 0 bridgehead atoms. The summed E-state index contributed by atoms with van der Waals surface area (Å²) in [6.45, 7) is 0. The van der Waals surface area contributed by atoms with Gasteiger partial charge in [0.1, 0.15) is 0 Å². The molecular weight excluding hydrogens is 258 g/mol. The van der Waals surface area contributed by atoms with Crippen LogP contribution in [0.3, 0.4) is 0 Å². The van der Waals surface area contributed by atoms with Gasteiger partial charge in [-0.05, 0) is 24.3 Å². The lowest BCUT2D eigenvalue weighted by molar-refractivity contribution is 0.0685. The van der Waals surface area contributed by atoms with E-state index < -0.39 is 22.9 Å². The Morgan fingerprint density at radius 3 is 2.44 bits per heavy atom. The largest absolute Gasteiger partial charge is 0.476 e. The topological polar surface area (TPSA) is 105 Å². The first-order chi connectivity index (χ1) is 8.49. The Morgan fingerprint density at radius 2 is 1.89 bits per heavy atom. The van der Waals surface area contributed by atoms with E-state index in [2.05, 4.69) is 17.7 Å². The summed E-state index contributed by atoms with van der Waals surface area (Å²) in [6.07, 6.45) is 0. The van der Waals surface area contributed by atoms with Gasteiger partial charge in [0.15, 0.2) is 0 Å². The number of aromatic carboxylic acids is 1. The summed E-state index contributed by atoms with van der Waals surface area (Å²) < 4.78 is 0.804. The molecule has 1 aromatic heterocycles. The second kappa shape index (κ2) is 4.49. The average molecular weight is 265 g/mol. The Labute approximate surface area is 105 Å². The van der Waals surface area contributed by atoms with Gasteiger partial charge in [-0.3, -0.25) is 9.78 Å². The fraction of sp³-hybridized carbons (Fsp3) is 0. The fourth-order valence-corrected chi connectivity index (χ4v) is 1.46. The maximum absolute atomic E-state index is 11.5. The Kier molecular flexibility index (Phi) is 3.02. The van der Waals surface area contributed by atoms with E-state index >= 15 is 0 Å². The molecule has 0 fully saturated rings. The van der Waals surface area contributed by atoms with Crippen LogP contribution in [-0.4, -0.2) is 25.8 Å². The van der Waals surface area contributed by atoms with Crippen molar-refractivity contribution in [3.63, 3.8) is 0 Å². The van der Waals surface area contributed by atoms with Gasteiger partial charge in [0, 0.05) is 4.90 Å². The fourth-order valence-electron chi connectivity index (χ4n) is 1.31. The zero-order chi connectivity index (χ0) is 13.3. The Hall–Kier alpha value is -2.35. The first-order valence-corrected chi connectivity index (χ1v) is 5.20. The number of aromatic amines is 1. The minimum Gasteiger partial charge on any atom is -0.476 e. The molecule has 0 saturated carbocycles. The zero-order valence-corrected chi connectivity index (χ0v) is 9.72. The standard InChI is InChI=1S/C10H7N3O4S/c14-8-7(9(15)16)12-13(10(17)11-8)5-1-3-6(18)4-2-5/h1-4,18H,(H,15,16)(H,11,14,17). The third kappa shape index (κ3) is 2.18. The van der Waals surface area contributed by atoms with Gasteiger partial charge in [-0.25, -0.2) is 9.59 Å². The molecule has 0 atom stereocenters. The molecule has 2 aromatic rings. The highest BCUT2D eigenvalue weighted by Gasteiger charge is 2.14. The number of carboxylic acids is 1. The van der Waals surface area contributed by atoms with E-state index in [0.717, 1.165) is 4.68 Å². The molecule has 0 spiro atoms. The van der Waals surface area contributed by atoms with Crippen LogP contribution in [0, 0.1) is 0 Å². The first-order valence-electron chi connectivity index (χ1n) is 4.75. The molecule has 18 heavy (non-hydrogen) atoms. The molecule has 0 radical (unpaired) electrons. The number of hydrogen-bond donors (Lipinski definition) is 3. The molecule has 92 valence electrons. The summed E-state index contributed by atoms with van der Waals surface area (Å²) in [5, 5.41) is 12.3. The van der Waals surface area contributed by atoms with Crippen molar-refractivity contribution >= 4 is 18.6 Å². The van der Waals surface area contributed by atoms with Crippen molar-refractivity contribution in [2.75, 3.05) is 0 Å². The Balaban J connectivity index is 2.68. The summed E-state index contributed by atoms with van der Waals surface area (Å²) in [5.74, 6) is -1.50. The summed E-state index contributed by atoms with van der Waals surface area (Å²) in [4.78, 5) is 36.1. The lowest BCUT2D eigenvalue weighted by Gasteiger charge is -2.04. The van der Waals surface area contributed by atoms with Gasteiger partial charge in [-0.2, -0.15) is 9.78 Å². The number of nitrogens with one attached hydrogen (secondary N) is 1. The molecule has 0 unspecified atom stereocenters. The SMILES string of the molecule is O=C(O)c1nn(-c2ccc(S)cc2)c(=O)[nH]c1=O. The van der Waals surface area contributed by atoms with Crippen LogP contribution in [0.4, 0.5) is 0 Å². The molecule has 0 saturated heterocycles. The molecule has 1 aromatic carbocycles. The second-order valence-electron chi connectivity index (χ2n) is 3.34. The second-order valence-corrected chi connectivity index (χ2v) is 3.86. The molecule has 0 amide bonds. The summed E-state index contributed by atoms with van der Waals surface area (Å²) in [7, 11) is 0. The highest BCUT2D eigenvalue weighted by Crippen LogP contribution is 2.09. The third-order valence-corrected chi connectivity index (χ3v) is 2.42. The first kappa shape index (κ1) is 12.1. The average Bonchev–Trinajstić information content (AvgIpc) is 2.30. The molecule has 8 heteroatoms. The maximum atomic E-state index is 11.5. The van der Waals surface area contributed by atoms with E-state index in [-0.39, 0.29) is 0 Å². The van der Waals surface area contributed by atoms with Crippen molar-refractivity contribution in [2.24, 2.45) is 0 Å². The molecule has 0 aliphatic heterocycles. The normalized spacial score (nSPS) is 10.3. The highest BCUT2D eigenvalue weighted by molar-refractivity contribution is 7.80. The summed E-state index contributed by atoms with van der Waals surface area (Å²) >= 11 is 4.08. The smallest absolute Gasteiger partial charge is 0.362 e. The van der Waals surface area contributed by atoms with Gasteiger partial charge < -0.3 is 5.11 Å². The van der Waals surface area contributed by atoms with Crippen LogP contribution < -0.4 is 11.2 Å². The zero-order valence-electron chi connectivity index (χ0n) is 8.82. The molecule has 1 heterocycles. The van der Waals surface area contributed by atoms with Crippen LogP contribution in [0.25, 0.3) is 5.69 Å². The van der Waals surface area contributed by atoms with Crippen LogP contribution in [0.1, 0.15) is 10.5 Å². The lowest BCUT2D eigenvalue weighted by atomic mass is 10.3. The van der Waals surface area contributed by atoms with Gasteiger partial charge >= 0.3 is 11.7 Å². The summed E-state index contributed by atoms with van der Waals surface area (Å²) in [5.41, 5.74) is -2.26. The van der Waals surface area contributed by atoms with E-state index in [1.165, 1.54) is 12.1 Å². The van der Waals surface area contributed by atoms with Crippen molar-refractivity contribution in [2.45, 2.75) is 4.90 Å². The lowest BCUT2D eigenvalue weighted by Crippen LogP contribution is -2.35. The number of rotatable bonds is 2. The van der Waals surface area contributed by atoms with E-state index in [0.29, 0.717) is 10.6 Å². The predicted octanol–water partition coefficient (Wildman–Crippen LogP) is -0.0923. The van der Waals surface area contributed by atoms with Crippen molar-refractivity contribution in [1.29, 1.82) is 0 Å².